The van der Waals surface area contributed by atoms with Gasteiger partial charge >= 0.3 is 0 Å². The molecule has 0 fully saturated rings. The van der Waals surface area contributed by atoms with Gasteiger partial charge in [-0.1, -0.05) is 39.5 Å². The number of aliphatic hydroxyl groups is 2. The third-order valence-electron chi connectivity index (χ3n) is 4.08. The summed E-state index contributed by atoms with van der Waals surface area (Å²) in [6.07, 6.45) is 7.22. The van der Waals surface area contributed by atoms with Gasteiger partial charge in [-0.15, -0.1) is 0 Å². The first-order chi connectivity index (χ1) is 11.7. The van der Waals surface area contributed by atoms with Crippen LogP contribution in [0.4, 0.5) is 0 Å². The highest BCUT2D eigenvalue weighted by molar-refractivity contribution is 5.75. The first-order valence-corrected chi connectivity index (χ1v) is 9.50. The number of ether oxygens (including phenoxy) is 1. The van der Waals surface area contributed by atoms with Crippen LogP contribution in [0.2, 0.25) is 0 Å². The Kier molecular flexibility index (Phi) is 16.7. The molecule has 0 spiro atoms. The highest BCUT2D eigenvalue weighted by Gasteiger charge is 2.10. The van der Waals surface area contributed by atoms with Crippen molar-refractivity contribution in [2.24, 2.45) is 0 Å². The summed E-state index contributed by atoms with van der Waals surface area (Å²) in [5.41, 5.74) is 0. The molecule has 0 aromatic heterocycles. The Morgan fingerprint density at radius 3 is 2.29 bits per heavy atom. The molecule has 0 bridgehead atoms. The van der Waals surface area contributed by atoms with Crippen LogP contribution in [0.15, 0.2) is 0 Å². The number of carbonyl (C=O) groups excluding carboxylic acids is 1. The van der Waals surface area contributed by atoms with Gasteiger partial charge < -0.3 is 20.3 Å². The van der Waals surface area contributed by atoms with Crippen molar-refractivity contribution in [3.63, 3.8) is 0 Å². The zero-order valence-electron chi connectivity index (χ0n) is 15.6. The van der Waals surface area contributed by atoms with Crippen LogP contribution in [0, 0.1) is 0 Å². The normalized spacial score (nSPS) is 12.5. The molecular formula is C18H38N2O4. The van der Waals surface area contributed by atoms with Gasteiger partial charge in [0.15, 0.2) is 0 Å². The highest BCUT2D eigenvalue weighted by atomic mass is 16.5. The predicted octanol–water partition coefficient (Wildman–Crippen LogP) is 1.54. The quantitative estimate of drug-likeness (QED) is 0.348. The van der Waals surface area contributed by atoms with Crippen LogP contribution in [-0.4, -0.2) is 73.1 Å². The van der Waals surface area contributed by atoms with Gasteiger partial charge in [0.25, 0.3) is 0 Å². The van der Waals surface area contributed by atoms with E-state index in [2.05, 4.69) is 12.2 Å². The summed E-state index contributed by atoms with van der Waals surface area (Å²) in [5.74, 6) is 0.107. The van der Waals surface area contributed by atoms with Crippen LogP contribution in [0.3, 0.4) is 0 Å². The van der Waals surface area contributed by atoms with E-state index in [0.717, 1.165) is 19.3 Å². The van der Waals surface area contributed by atoms with Gasteiger partial charge in [-0.05, 0) is 12.8 Å². The number of hydrogen-bond acceptors (Lipinski definition) is 5. The number of carbonyl (C=O) groups is 1. The molecule has 6 nitrogen and oxygen atoms in total. The van der Waals surface area contributed by atoms with E-state index >= 15 is 0 Å². The molecule has 6 heteroatoms. The molecule has 0 aliphatic carbocycles. The summed E-state index contributed by atoms with van der Waals surface area (Å²) in [4.78, 5) is 13.8. The van der Waals surface area contributed by atoms with Crippen molar-refractivity contribution < 1.29 is 19.7 Å². The molecular weight excluding hydrogens is 308 g/mol. The largest absolute Gasteiger partial charge is 0.395 e. The summed E-state index contributed by atoms with van der Waals surface area (Å²) in [5, 5.41) is 20.9. The first kappa shape index (κ1) is 23.3. The Morgan fingerprint density at radius 1 is 1.04 bits per heavy atom. The molecule has 0 aromatic carbocycles. The Labute approximate surface area is 147 Å². The molecule has 24 heavy (non-hydrogen) atoms. The number of nitrogens with zero attached hydrogens (tertiary/aromatic N) is 1. The molecule has 0 aliphatic heterocycles. The Bertz CT molecular complexity index is 284. The van der Waals surface area contributed by atoms with Crippen molar-refractivity contribution in [3.8, 4) is 0 Å². The van der Waals surface area contributed by atoms with Gasteiger partial charge in [0, 0.05) is 32.6 Å². The lowest BCUT2D eigenvalue weighted by molar-refractivity contribution is -0.121. The fraction of sp³-hybridized carbons (Fsp3) is 0.944. The molecule has 1 amide bonds. The monoisotopic (exact) mass is 346 g/mol. The van der Waals surface area contributed by atoms with Crippen molar-refractivity contribution in [2.45, 2.75) is 64.9 Å². The standard InChI is InChI=1S/C18H38N2O4/c1-3-5-6-7-8-9-18(23)19-16-17(4-2)24-15-12-20(10-13-21)11-14-22/h17,21-22H,3-16H2,1-2H3,(H,19,23). The van der Waals surface area contributed by atoms with Gasteiger partial charge in [0.2, 0.25) is 5.91 Å². The molecule has 144 valence electrons. The maximum Gasteiger partial charge on any atom is 0.220 e. The summed E-state index contributed by atoms with van der Waals surface area (Å²) in [6.45, 7) is 7.20. The number of amides is 1. The fourth-order valence-corrected chi connectivity index (χ4v) is 2.49. The van der Waals surface area contributed by atoms with Crippen LogP contribution in [0.25, 0.3) is 0 Å². The first-order valence-electron chi connectivity index (χ1n) is 9.50. The zero-order valence-corrected chi connectivity index (χ0v) is 15.6. The Hall–Kier alpha value is -0.690. The summed E-state index contributed by atoms with van der Waals surface area (Å²) in [6, 6.07) is 0. The summed E-state index contributed by atoms with van der Waals surface area (Å²) >= 11 is 0. The average Bonchev–Trinajstić information content (AvgIpc) is 2.58. The minimum absolute atomic E-state index is 0.0131. The third kappa shape index (κ3) is 13.7. The van der Waals surface area contributed by atoms with Crippen molar-refractivity contribution >= 4 is 5.91 Å². The Morgan fingerprint density at radius 2 is 1.71 bits per heavy atom. The molecule has 3 N–H and O–H groups in total. The molecule has 0 saturated heterocycles. The van der Waals surface area contributed by atoms with Gasteiger partial charge in [-0.3, -0.25) is 9.69 Å². The number of unbranched alkanes of at least 4 members (excludes halogenated alkanes) is 4. The molecule has 1 atom stereocenters. The van der Waals surface area contributed by atoms with E-state index < -0.39 is 0 Å². The van der Waals surface area contributed by atoms with Crippen molar-refractivity contribution in [3.05, 3.63) is 0 Å². The van der Waals surface area contributed by atoms with Crippen molar-refractivity contribution in [1.82, 2.24) is 10.2 Å². The minimum atomic E-state index is 0.0131. The van der Waals surface area contributed by atoms with Crippen LogP contribution < -0.4 is 5.32 Å². The van der Waals surface area contributed by atoms with Crippen molar-refractivity contribution in [1.29, 1.82) is 0 Å². The number of aliphatic hydroxyl groups excluding tert-OH is 2. The Balaban J connectivity index is 3.79. The van der Waals surface area contributed by atoms with E-state index in [-0.39, 0.29) is 25.2 Å². The SMILES string of the molecule is CCCCCCCC(=O)NCC(CC)OCCN(CCO)CCO. The smallest absolute Gasteiger partial charge is 0.220 e. The van der Waals surface area contributed by atoms with E-state index in [4.69, 9.17) is 14.9 Å². The molecule has 0 aromatic rings. The lowest BCUT2D eigenvalue weighted by atomic mass is 10.1. The van der Waals surface area contributed by atoms with Crippen LogP contribution in [0.5, 0.6) is 0 Å². The maximum absolute atomic E-state index is 11.8. The van der Waals surface area contributed by atoms with Gasteiger partial charge in [0.05, 0.1) is 25.9 Å². The van der Waals surface area contributed by atoms with E-state index in [1.54, 1.807) is 0 Å². The van der Waals surface area contributed by atoms with Crippen molar-refractivity contribution in [2.75, 3.05) is 46.0 Å². The van der Waals surface area contributed by atoms with Crippen LogP contribution in [0.1, 0.15) is 58.8 Å². The maximum atomic E-state index is 11.8. The van der Waals surface area contributed by atoms with E-state index in [9.17, 15) is 4.79 Å². The summed E-state index contributed by atoms with van der Waals surface area (Å²) < 4.78 is 5.80. The second kappa shape index (κ2) is 17.1. The lowest BCUT2D eigenvalue weighted by Gasteiger charge is -2.22. The van der Waals surface area contributed by atoms with E-state index in [0.29, 0.717) is 39.2 Å². The number of rotatable bonds is 17. The molecule has 0 aliphatic rings. The molecule has 0 saturated carbocycles. The topological polar surface area (TPSA) is 82.0 Å². The number of hydrogen-bond donors (Lipinski definition) is 3. The molecule has 0 rings (SSSR count). The molecule has 0 radical (unpaired) electrons. The van der Waals surface area contributed by atoms with Crippen LogP contribution >= 0.6 is 0 Å². The second-order valence-corrected chi connectivity index (χ2v) is 6.16. The fourth-order valence-electron chi connectivity index (χ4n) is 2.49. The number of nitrogens with one attached hydrogen (secondary N) is 1. The highest BCUT2D eigenvalue weighted by Crippen LogP contribution is 2.05. The third-order valence-corrected chi connectivity index (χ3v) is 4.08. The second-order valence-electron chi connectivity index (χ2n) is 6.16. The lowest BCUT2D eigenvalue weighted by Crippen LogP contribution is -2.37. The predicted molar refractivity (Wildman–Crippen MR) is 97.0 cm³/mol. The minimum Gasteiger partial charge on any atom is -0.395 e. The summed E-state index contributed by atoms with van der Waals surface area (Å²) in [7, 11) is 0. The van der Waals surface area contributed by atoms with Gasteiger partial charge in [-0.25, -0.2) is 0 Å². The average molecular weight is 347 g/mol. The van der Waals surface area contributed by atoms with Crippen LogP contribution in [-0.2, 0) is 9.53 Å². The molecule has 1 unspecified atom stereocenters. The van der Waals surface area contributed by atoms with Gasteiger partial charge in [-0.2, -0.15) is 0 Å². The van der Waals surface area contributed by atoms with E-state index in [1.165, 1.54) is 19.3 Å². The van der Waals surface area contributed by atoms with Gasteiger partial charge in [0.1, 0.15) is 0 Å². The van der Waals surface area contributed by atoms with E-state index in [1.807, 2.05) is 11.8 Å². The zero-order chi connectivity index (χ0) is 18.0. The molecule has 0 heterocycles.